The molecule has 3 heterocycles. The Morgan fingerprint density at radius 2 is 2.12 bits per heavy atom. The zero-order valence-corrected chi connectivity index (χ0v) is 14.7. The van der Waals surface area contributed by atoms with Crippen molar-refractivity contribution in [2.45, 2.75) is 19.8 Å². The van der Waals surface area contributed by atoms with Gasteiger partial charge in [0.25, 0.3) is 5.91 Å². The van der Waals surface area contributed by atoms with Crippen molar-refractivity contribution in [3.8, 4) is 0 Å². The third kappa shape index (κ3) is 4.14. The summed E-state index contributed by atoms with van der Waals surface area (Å²) in [5.41, 5.74) is 1.44. The largest absolute Gasteiger partial charge is 0.338 e. The summed E-state index contributed by atoms with van der Waals surface area (Å²) in [4.78, 5) is 34.9. The molecule has 130 valence electrons. The highest BCUT2D eigenvalue weighted by Gasteiger charge is 2.29. The molecule has 0 aromatic carbocycles. The number of hydrogen-bond donors (Lipinski definition) is 1. The molecule has 1 saturated heterocycles. The van der Waals surface area contributed by atoms with Gasteiger partial charge in [0.15, 0.2) is 0 Å². The molecule has 1 aliphatic heterocycles. The van der Waals surface area contributed by atoms with Gasteiger partial charge in [-0.25, -0.2) is 4.98 Å². The summed E-state index contributed by atoms with van der Waals surface area (Å²) >= 11 is 6.06. The summed E-state index contributed by atoms with van der Waals surface area (Å²) < 4.78 is 0. The highest BCUT2D eigenvalue weighted by atomic mass is 35.5. The number of likely N-dealkylation sites (tertiary alicyclic amines) is 1. The quantitative estimate of drug-likeness (QED) is 0.915. The van der Waals surface area contributed by atoms with Crippen molar-refractivity contribution in [2.75, 3.05) is 18.4 Å². The Balaban J connectivity index is 1.66. The molecule has 2 aromatic rings. The van der Waals surface area contributed by atoms with Crippen LogP contribution in [0.1, 0.15) is 28.8 Å². The molecule has 0 aliphatic carbocycles. The Morgan fingerprint density at radius 1 is 1.28 bits per heavy atom. The maximum absolute atomic E-state index is 12.7. The van der Waals surface area contributed by atoms with Crippen LogP contribution < -0.4 is 5.32 Å². The zero-order chi connectivity index (χ0) is 17.8. The van der Waals surface area contributed by atoms with Crippen LogP contribution in [-0.2, 0) is 4.79 Å². The van der Waals surface area contributed by atoms with Crippen LogP contribution in [0.2, 0.25) is 5.02 Å². The number of hydrogen-bond acceptors (Lipinski definition) is 4. The Hall–Kier alpha value is -2.47. The van der Waals surface area contributed by atoms with Gasteiger partial charge >= 0.3 is 0 Å². The second-order valence-electron chi connectivity index (χ2n) is 6.16. The van der Waals surface area contributed by atoms with Gasteiger partial charge in [-0.05, 0) is 37.5 Å². The van der Waals surface area contributed by atoms with E-state index in [4.69, 9.17) is 11.6 Å². The first kappa shape index (κ1) is 17.4. The third-order valence-electron chi connectivity index (χ3n) is 4.24. The van der Waals surface area contributed by atoms with Crippen LogP contribution in [0.3, 0.4) is 0 Å². The minimum atomic E-state index is -0.263. The van der Waals surface area contributed by atoms with E-state index in [1.54, 1.807) is 23.2 Å². The molecule has 6 nitrogen and oxygen atoms in total. The van der Waals surface area contributed by atoms with Crippen LogP contribution in [0.4, 0.5) is 5.82 Å². The summed E-state index contributed by atoms with van der Waals surface area (Å²) in [6.45, 7) is 2.92. The van der Waals surface area contributed by atoms with Crippen LogP contribution in [0.15, 0.2) is 36.8 Å². The average Bonchev–Trinajstić information content (AvgIpc) is 2.63. The fourth-order valence-electron chi connectivity index (χ4n) is 2.86. The third-order valence-corrected chi connectivity index (χ3v) is 4.55. The van der Waals surface area contributed by atoms with E-state index < -0.39 is 0 Å². The van der Waals surface area contributed by atoms with Gasteiger partial charge in [0, 0.05) is 31.7 Å². The van der Waals surface area contributed by atoms with E-state index in [-0.39, 0.29) is 17.7 Å². The second-order valence-corrected chi connectivity index (χ2v) is 6.56. The molecule has 2 amide bonds. The number of carbonyl (C=O) groups is 2. The number of aromatic nitrogens is 2. The molecule has 1 N–H and O–H groups in total. The Morgan fingerprint density at radius 3 is 2.84 bits per heavy atom. The van der Waals surface area contributed by atoms with E-state index in [0.717, 1.165) is 18.4 Å². The second kappa shape index (κ2) is 7.61. The van der Waals surface area contributed by atoms with Gasteiger partial charge in [-0.1, -0.05) is 17.7 Å². The number of rotatable bonds is 3. The summed E-state index contributed by atoms with van der Waals surface area (Å²) in [5.74, 6) is -0.0225. The van der Waals surface area contributed by atoms with Crippen molar-refractivity contribution in [1.82, 2.24) is 14.9 Å². The summed E-state index contributed by atoms with van der Waals surface area (Å²) in [7, 11) is 0. The van der Waals surface area contributed by atoms with Crippen LogP contribution in [-0.4, -0.2) is 39.8 Å². The first-order chi connectivity index (χ1) is 12.0. The van der Waals surface area contributed by atoms with Gasteiger partial charge < -0.3 is 10.2 Å². The number of nitrogens with zero attached hydrogens (tertiary/aromatic N) is 3. The molecule has 0 spiro atoms. The molecular formula is C18H19ClN4O2. The number of nitrogens with one attached hydrogen (secondary N) is 1. The average molecular weight is 359 g/mol. The van der Waals surface area contributed by atoms with Gasteiger partial charge in [-0.15, -0.1) is 0 Å². The molecule has 1 aliphatic rings. The van der Waals surface area contributed by atoms with E-state index in [1.807, 2.05) is 13.0 Å². The first-order valence-corrected chi connectivity index (χ1v) is 8.54. The number of amides is 2. The molecule has 2 aromatic heterocycles. The van der Waals surface area contributed by atoms with Crippen LogP contribution in [0.5, 0.6) is 0 Å². The highest BCUT2D eigenvalue weighted by Crippen LogP contribution is 2.22. The molecule has 1 unspecified atom stereocenters. The predicted molar refractivity (Wildman–Crippen MR) is 95.5 cm³/mol. The van der Waals surface area contributed by atoms with Crippen LogP contribution in [0, 0.1) is 12.8 Å². The van der Waals surface area contributed by atoms with E-state index in [2.05, 4.69) is 15.3 Å². The monoisotopic (exact) mass is 358 g/mol. The van der Waals surface area contributed by atoms with E-state index in [1.165, 1.54) is 12.4 Å². The predicted octanol–water partition coefficient (Wildman–Crippen LogP) is 2.93. The number of carbonyl (C=O) groups excluding carboxylic acids is 2. The number of halogens is 1. The van der Waals surface area contributed by atoms with E-state index >= 15 is 0 Å². The fourth-order valence-corrected chi connectivity index (χ4v) is 3.06. The number of anilines is 1. The lowest BCUT2D eigenvalue weighted by molar-refractivity contribution is -0.121. The maximum Gasteiger partial charge on any atom is 0.255 e. The number of pyridine rings is 2. The molecule has 0 bridgehead atoms. The molecule has 25 heavy (non-hydrogen) atoms. The van der Waals surface area contributed by atoms with E-state index in [9.17, 15) is 9.59 Å². The van der Waals surface area contributed by atoms with Gasteiger partial charge in [-0.3, -0.25) is 14.6 Å². The van der Waals surface area contributed by atoms with Gasteiger partial charge in [0.2, 0.25) is 5.91 Å². The van der Waals surface area contributed by atoms with Crippen LogP contribution >= 0.6 is 11.6 Å². The summed E-state index contributed by atoms with van der Waals surface area (Å²) in [5, 5.41) is 3.15. The lowest BCUT2D eigenvalue weighted by atomic mass is 9.96. The molecule has 0 radical (unpaired) electrons. The number of aryl methyl sites for hydroxylation is 1. The fraction of sp³-hybridized carbons (Fsp3) is 0.333. The normalized spacial score (nSPS) is 17.2. The molecule has 0 saturated carbocycles. The minimum absolute atomic E-state index is 0.116. The maximum atomic E-state index is 12.7. The van der Waals surface area contributed by atoms with Gasteiger partial charge in [-0.2, -0.15) is 0 Å². The Bertz CT molecular complexity index is 779. The lowest BCUT2D eigenvalue weighted by Gasteiger charge is -2.32. The van der Waals surface area contributed by atoms with Gasteiger partial charge in [0.05, 0.1) is 16.5 Å². The topological polar surface area (TPSA) is 75.2 Å². The van der Waals surface area contributed by atoms with E-state index in [0.29, 0.717) is 29.5 Å². The van der Waals surface area contributed by atoms with Gasteiger partial charge in [0.1, 0.15) is 5.82 Å². The van der Waals surface area contributed by atoms with Crippen molar-refractivity contribution < 1.29 is 9.59 Å². The lowest BCUT2D eigenvalue weighted by Crippen LogP contribution is -2.43. The molecule has 7 heteroatoms. The van der Waals surface area contributed by atoms with Crippen molar-refractivity contribution in [3.63, 3.8) is 0 Å². The van der Waals surface area contributed by atoms with Crippen molar-refractivity contribution in [2.24, 2.45) is 5.92 Å². The Kier molecular flexibility index (Phi) is 5.28. The first-order valence-electron chi connectivity index (χ1n) is 8.17. The standard InChI is InChI=1S/C18H19ClN4O2/c1-12-4-5-16(21-9-12)22-17(24)13-3-2-8-23(11-13)18(25)14-6-7-20-10-15(14)19/h4-7,9-10,13H,2-3,8,11H2,1H3,(H,21,22,24). The smallest absolute Gasteiger partial charge is 0.255 e. The Labute approximate surface area is 151 Å². The van der Waals surface area contributed by atoms with Crippen molar-refractivity contribution in [3.05, 3.63) is 52.9 Å². The SMILES string of the molecule is Cc1ccc(NC(=O)C2CCCN(C(=O)c3ccncc3Cl)C2)nc1. The number of piperidine rings is 1. The van der Waals surface area contributed by atoms with Crippen LogP contribution in [0.25, 0.3) is 0 Å². The van der Waals surface area contributed by atoms with Crippen molar-refractivity contribution >= 4 is 29.2 Å². The summed E-state index contributed by atoms with van der Waals surface area (Å²) in [6, 6.07) is 5.27. The molecular weight excluding hydrogens is 340 g/mol. The highest BCUT2D eigenvalue weighted by molar-refractivity contribution is 6.33. The molecule has 1 fully saturated rings. The van der Waals surface area contributed by atoms with Crippen molar-refractivity contribution in [1.29, 1.82) is 0 Å². The molecule has 3 rings (SSSR count). The molecule has 1 atom stereocenters. The summed E-state index contributed by atoms with van der Waals surface area (Å²) in [6.07, 6.45) is 6.21. The zero-order valence-electron chi connectivity index (χ0n) is 13.9. The minimum Gasteiger partial charge on any atom is -0.338 e.